The molecule has 4 aromatic rings. The molecule has 0 aliphatic carbocycles. The van der Waals surface area contributed by atoms with Gasteiger partial charge in [-0.3, -0.25) is 9.59 Å². The third-order valence-electron chi connectivity index (χ3n) is 4.77. The zero-order valence-electron chi connectivity index (χ0n) is 15.5. The molecule has 2 N–H and O–H groups in total. The second kappa shape index (κ2) is 7.40. The molecule has 0 saturated heterocycles. The van der Waals surface area contributed by atoms with Crippen LogP contribution in [-0.4, -0.2) is 22.2 Å². The van der Waals surface area contributed by atoms with Crippen LogP contribution in [0.5, 0.6) is 0 Å². The van der Waals surface area contributed by atoms with Gasteiger partial charge in [-0.2, -0.15) is 0 Å². The number of hydrogen-bond acceptors (Lipinski definition) is 4. The number of nitrogens with zero attached hydrogens (tertiary/aromatic N) is 1. The Morgan fingerprint density at radius 1 is 1.21 bits per heavy atom. The minimum Gasteiger partial charge on any atom is -0.346 e. The molecule has 2 aromatic heterocycles. The maximum Gasteiger partial charge on any atom is 0.252 e. The molecule has 1 atom stereocenters. The van der Waals surface area contributed by atoms with Crippen molar-refractivity contribution in [1.82, 2.24) is 15.3 Å². The number of aryl methyl sites for hydroxylation is 1. The van der Waals surface area contributed by atoms with E-state index in [1.165, 1.54) is 11.3 Å². The SMILES string of the molecule is Cc1cc2[nH]cnc2cc1C(=O)NC(C)c1cccc(-c2ccc(C=O)s2)c1. The summed E-state index contributed by atoms with van der Waals surface area (Å²) in [6.07, 6.45) is 2.49. The molecule has 1 amide bonds. The summed E-state index contributed by atoms with van der Waals surface area (Å²) in [7, 11) is 0. The topological polar surface area (TPSA) is 74.8 Å². The minimum atomic E-state index is -0.160. The first-order valence-electron chi connectivity index (χ1n) is 8.95. The third kappa shape index (κ3) is 3.46. The van der Waals surface area contributed by atoms with E-state index in [9.17, 15) is 9.59 Å². The fraction of sp³-hybridized carbons (Fsp3) is 0.136. The minimum absolute atomic E-state index is 0.125. The third-order valence-corrected chi connectivity index (χ3v) is 5.83. The van der Waals surface area contributed by atoms with Crippen LogP contribution in [-0.2, 0) is 0 Å². The van der Waals surface area contributed by atoms with Gasteiger partial charge in [0.15, 0.2) is 6.29 Å². The van der Waals surface area contributed by atoms with Gasteiger partial charge in [0, 0.05) is 10.4 Å². The van der Waals surface area contributed by atoms with Crippen molar-refractivity contribution in [1.29, 1.82) is 0 Å². The van der Waals surface area contributed by atoms with Crippen LogP contribution >= 0.6 is 11.3 Å². The molecule has 0 aliphatic rings. The van der Waals surface area contributed by atoms with Crippen LogP contribution in [0.4, 0.5) is 0 Å². The fourth-order valence-corrected chi connectivity index (χ4v) is 4.04. The van der Waals surface area contributed by atoms with Gasteiger partial charge in [0.05, 0.1) is 28.3 Å². The summed E-state index contributed by atoms with van der Waals surface area (Å²) in [5.41, 5.74) is 5.25. The Labute approximate surface area is 166 Å². The zero-order chi connectivity index (χ0) is 19.7. The number of hydrogen-bond donors (Lipinski definition) is 2. The first-order chi connectivity index (χ1) is 13.5. The fourth-order valence-electron chi connectivity index (χ4n) is 3.23. The molecule has 0 saturated carbocycles. The second-order valence-electron chi connectivity index (χ2n) is 6.73. The molecule has 0 aliphatic heterocycles. The molecule has 1 unspecified atom stereocenters. The number of benzene rings is 2. The van der Waals surface area contributed by atoms with E-state index in [4.69, 9.17) is 0 Å². The molecular weight excluding hydrogens is 370 g/mol. The molecule has 140 valence electrons. The van der Waals surface area contributed by atoms with Crippen molar-refractivity contribution < 1.29 is 9.59 Å². The molecule has 0 radical (unpaired) electrons. The van der Waals surface area contributed by atoms with Gasteiger partial charge in [-0.15, -0.1) is 11.3 Å². The number of nitrogens with one attached hydrogen (secondary N) is 2. The van der Waals surface area contributed by atoms with Crippen LogP contribution in [0.3, 0.4) is 0 Å². The highest BCUT2D eigenvalue weighted by molar-refractivity contribution is 7.17. The lowest BCUT2D eigenvalue weighted by Crippen LogP contribution is -2.27. The van der Waals surface area contributed by atoms with Crippen molar-refractivity contribution in [3.05, 3.63) is 76.4 Å². The number of carbonyl (C=O) groups excluding carboxylic acids is 2. The summed E-state index contributed by atoms with van der Waals surface area (Å²) in [5.74, 6) is -0.125. The number of thiophene rings is 1. The van der Waals surface area contributed by atoms with Crippen molar-refractivity contribution in [3.63, 3.8) is 0 Å². The highest BCUT2D eigenvalue weighted by Crippen LogP contribution is 2.29. The molecule has 2 heterocycles. The Balaban J connectivity index is 1.56. The van der Waals surface area contributed by atoms with Gasteiger partial charge in [-0.05, 0) is 60.9 Å². The van der Waals surface area contributed by atoms with E-state index in [1.807, 2.05) is 56.3 Å². The molecule has 5 nitrogen and oxygen atoms in total. The number of carbonyl (C=O) groups is 2. The summed E-state index contributed by atoms with van der Waals surface area (Å²) >= 11 is 1.46. The molecule has 28 heavy (non-hydrogen) atoms. The van der Waals surface area contributed by atoms with E-state index in [1.54, 1.807) is 6.33 Å². The Bertz CT molecular complexity index is 1180. The number of amides is 1. The number of aldehydes is 1. The van der Waals surface area contributed by atoms with Gasteiger partial charge in [0.25, 0.3) is 5.91 Å². The highest BCUT2D eigenvalue weighted by atomic mass is 32.1. The molecule has 0 fully saturated rings. The average Bonchev–Trinajstić information content (AvgIpc) is 3.36. The first kappa shape index (κ1) is 18.1. The predicted molar refractivity (Wildman–Crippen MR) is 112 cm³/mol. The van der Waals surface area contributed by atoms with Gasteiger partial charge in [-0.1, -0.05) is 18.2 Å². The Morgan fingerprint density at radius 2 is 2.07 bits per heavy atom. The molecule has 6 heteroatoms. The van der Waals surface area contributed by atoms with Crippen LogP contribution in [0.15, 0.2) is 54.9 Å². The van der Waals surface area contributed by atoms with Gasteiger partial charge in [0.1, 0.15) is 0 Å². The summed E-state index contributed by atoms with van der Waals surface area (Å²) in [6.45, 7) is 3.88. The van der Waals surface area contributed by atoms with Crippen LogP contribution in [0, 0.1) is 6.92 Å². The van der Waals surface area contributed by atoms with E-state index in [0.717, 1.165) is 38.9 Å². The standard InChI is InChI=1S/C22H19N3O2S/c1-13-8-19-20(24-12-23-19)10-18(13)22(27)25-14(2)15-4-3-5-16(9-15)21-7-6-17(11-26)28-21/h3-12,14H,1-2H3,(H,23,24)(H,25,27). The number of aromatic nitrogens is 2. The normalized spacial score (nSPS) is 12.1. The lowest BCUT2D eigenvalue weighted by molar-refractivity contribution is 0.0939. The number of imidazole rings is 1. The molecular formula is C22H19N3O2S. The smallest absolute Gasteiger partial charge is 0.252 e. The molecule has 2 aromatic carbocycles. The average molecular weight is 389 g/mol. The largest absolute Gasteiger partial charge is 0.346 e. The van der Waals surface area contributed by atoms with Gasteiger partial charge in [0.2, 0.25) is 0 Å². The lowest BCUT2D eigenvalue weighted by atomic mass is 10.0. The Hall–Kier alpha value is -3.25. The van der Waals surface area contributed by atoms with Crippen LogP contribution in [0.1, 0.15) is 44.1 Å². The first-order valence-corrected chi connectivity index (χ1v) is 9.77. The highest BCUT2D eigenvalue weighted by Gasteiger charge is 2.15. The van der Waals surface area contributed by atoms with Crippen LogP contribution < -0.4 is 5.32 Å². The van der Waals surface area contributed by atoms with Crippen LogP contribution in [0.25, 0.3) is 21.5 Å². The molecule has 0 spiro atoms. The second-order valence-corrected chi connectivity index (χ2v) is 7.84. The number of aromatic amines is 1. The van der Waals surface area contributed by atoms with E-state index in [2.05, 4.69) is 21.4 Å². The van der Waals surface area contributed by atoms with Gasteiger partial charge in [-0.25, -0.2) is 4.98 Å². The quantitative estimate of drug-likeness (QED) is 0.477. The maximum absolute atomic E-state index is 12.8. The zero-order valence-corrected chi connectivity index (χ0v) is 16.3. The number of rotatable bonds is 5. The summed E-state index contributed by atoms with van der Waals surface area (Å²) < 4.78 is 0. The predicted octanol–water partition coefficient (Wildman–Crippen LogP) is 4.90. The van der Waals surface area contributed by atoms with E-state index in [-0.39, 0.29) is 11.9 Å². The van der Waals surface area contributed by atoms with E-state index in [0.29, 0.717) is 10.4 Å². The van der Waals surface area contributed by atoms with Crippen molar-refractivity contribution in [2.45, 2.75) is 19.9 Å². The van der Waals surface area contributed by atoms with Crippen molar-refractivity contribution >= 4 is 34.6 Å². The van der Waals surface area contributed by atoms with E-state index >= 15 is 0 Å². The summed E-state index contributed by atoms with van der Waals surface area (Å²) in [5, 5.41) is 3.08. The van der Waals surface area contributed by atoms with Crippen molar-refractivity contribution in [2.75, 3.05) is 0 Å². The Kier molecular flexibility index (Phi) is 4.79. The Morgan fingerprint density at radius 3 is 2.86 bits per heavy atom. The maximum atomic E-state index is 12.8. The monoisotopic (exact) mass is 389 g/mol. The number of fused-ring (bicyclic) bond motifs is 1. The van der Waals surface area contributed by atoms with E-state index < -0.39 is 0 Å². The lowest BCUT2D eigenvalue weighted by Gasteiger charge is -2.16. The molecule has 4 rings (SSSR count). The number of H-pyrrole nitrogens is 1. The summed E-state index contributed by atoms with van der Waals surface area (Å²) in [6, 6.07) is 15.4. The van der Waals surface area contributed by atoms with Crippen molar-refractivity contribution in [2.24, 2.45) is 0 Å². The van der Waals surface area contributed by atoms with Gasteiger partial charge < -0.3 is 10.3 Å². The van der Waals surface area contributed by atoms with Gasteiger partial charge >= 0.3 is 0 Å². The molecule has 0 bridgehead atoms. The van der Waals surface area contributed by atoms with Crippen molar-refractivity contribution in [3.8, 4) is 10.4 Å². The summed E-state index contributed by atoms with van der Waals surface area (Å²) in [4.78, 5) is 32.8. The van der Waals surface area contributed by atoms with Crippen LogP contribution in [0.2, 0.25) is 0 Å².